The minimum absolute atomic E-state index is 0.117. The van der Waals surface area contributed by atoms with Gasteiger partial charge in [-0.3, -0.25) is 13.9 Å². The Balaban J connectivity index is 2.09. The molecule has 0 aromatic heterocycles. The molecule has 3 aromatic rings. The molecule has 1 atom stereocenters. The highest BCUT2D eigenvalue weighted by Crippen LogP contribution is 2.29. The van der Waals surface area contributed by atoms with E-state index < -0.39 is 40.2 Å². The molecule has 0 unspecified atom stereocenters. The van der Waals surface area contributed by atoms with E-state index in [1.54, 1.807) is 31.2 Å². The number of anilines is 1. The first kappa shape index (κ1) is 31.4. The lowest BCUT2D eigenvalue weighted by molar-refractivity contribution is -0.140. The van der Waals surface area contributed by atoms with Crippen molar-refractivity contribution < 1.29 is 22.4 Å². The summed E-state index contributed by atoms with van der Waals surface area (Å²) in [6.45, 7) is 5.07. The molecule has 3 rings (SSSR count). The molecule has 40 heavy (non-hydrogen) atoms. The van der Waals surface area contributed by atoms with Crippen molar-refractivity contribution in [2.45, 2.75) is 44.7 Å². The third kappa shape index (κ3) is 7.53. The Morgan fingerprint density at radius 3 is 2.10 bits per heavy atom. The third-order valence-electron chi connectivity index (χ3n) is 6.19. The Morgan fingerprint density at radius 1 is 0.925 bits per heavy atom. The van der Waals surface area contributed by atoms with E-state index in [9.17, 15) is 22.4 Å². The minimum Gasteiger partial charge on any atom is -0.354 e. The number of hydrogen-bond acceptors (Lipinski definition) is 4. The molecule has 0 radical (unpaired) electrons. The molecule has 0 heterocycles. The van der Waals surface area contributed by atoms with Gasteiger partial charge in [0.2, 0.25) is 11.8 Å². The van der Waals surface area contributed by atoms with Crippen LogP contribution in [-0.2, 0) is 26.2 Å². The van der Waals surface area contributed by atoms with Crippen LogP contribution in [0.2, 0.25) is 10.0 Å². The van der Waals surface area contributed by atoms with E-state index in [2.05, 4.69) is 5.32 Å². The van der Waals surface area contributed by atoms with Gasteiger partial charge >= 0.3 is 0 Å². The monoisotopic (exact) mass is 607 g/mol. The molecule has 0 saturated carbocycles. The fraction of sp³-hybridized carbons (Fsp3) is 0.310. The quantitative estimate of drug-likeness (QED) is 0.277. The third-order valence-corrected chi connectivity index (χ3v) is 8.67. The summed E-state index contributed by atoms with van der Waals surface area (Å²) >= 11 is 12.8. The Hall–Kier alpha value is -3.14. The Labute approximate surface area is 244 Å². The number of carbonyl (C=O) groups is 2. The minimum atomic E-state index is -4.38. The lowest BCUT2D eigenvalue weighted by atomic mass is 10.1. The smallest absolute Gasteiger partial charge is 0.264 e. The molecular weight excluding hydrogens is 576 g/mol. The van der Waals surface area contributed by atoms with Crippen molar-refractivity contribution in [3.8, 4) is 0 Å². The van der Waals surface area contributed by atoms with E-state index in [1.807, 2.05) is 13.8 Å². The number of halogens is 3. The first-order valence-electron chi connectivity index (χ1n) is 12.8. The average Bonchev–Trinajstić information content (AvgIpc) is 2.92. The molecule has 0 aliphatic carbocycles. The molecule has 3 aromatic carbocycles. The fourth-order valence-corrected chi connectivity index (χ4v) is 6.04. The van der Waals surface area contributed by atoms with Gasteiger partial charge in [0.25, 0.3) is 10.0 Å². The summed E-state index contributed by atoms with van der Waals surface area (Å²) in [4.78, 5) is 28.4. The van der Waals surface area contributed by atoms with Gasteiger partial charge in [0.15, 0.2) is 0 Å². The summed E-state index contributed by atoms with van der Waals surface area (Å²) in [5.74, 6) is -1.80. The first-order valence-corrected chi connectivity index (χ1v) is 15.0. The van der Waals surface area contributed by atoms with E-state index in [0.717, 1.165) is 10.4 Å². The van der Waals surface area contributed by atoms with Crippen molar-refractivity contribution in [1.82, 2.24) is 10.2 Å². The van der Waals surface area contributed by atoms with E-state index in [4.69, 9.17) is 23.2 Å². The zero-order valence-corrected chi connectivity index (χ0v) is 24.8. The maximum Gasteiger partial charge on any atom is 0.264 e. The summed E-state index contributed by atoms with van der Waals surface area (Å²) in [7, 11) is -4.38. The molecule has 0 fully saturated rings. The van der Waals surface area contributed by atoms with Crippen LogP contribution in [0.3, 0.4) is 0 Å². The van der Waals surface area contributed by atoms with Crippen LogP contribution in [0.5, 0.6) is 0 Å². The second-order valence-electron chi connectivity index (χ2n) is 9.56. The fourth-order valence-electron chi connectivity index (χ4n) is 4.08. The molecule has 214 valence electrons. The summed E-state index contributed by atoms with van der Waals surface area (Å²) in [6.07, 6.45) is 0.225. The number of sulfonamides is 1. The number of benzene rings is 3. The van der Waals surface area contributed by atoms with Crippen molar-refractivity contribution in [1.29, 1.82) is 0 Å². The van der Waals surface area contributed by atoms with Crippen LogP contribution in [0.4, 0.5) is 10.1 Å². The molecule has 0 aliphatic rings. The Bertz CT molecular complexity index is 1420. The van der Waals surface area contributed by atoms with E-state index in [1.165, 1.54) is 47.4 Å². The number of para-hydroxylation sites is 1. The molecule has 0 bridgehead atoms. The van der Waals surface area contributed by atoms with Gasteiger partial charge < -0.3 is 10.2 Å². The van der Waals surface area contributed by atoms with Crippen LogP contribution < -0.4 is 9.62 Å². The zero-order valence-electron chi connectivity index (χ0n) is 22.5. The lowest BCUT2D eigenvalue weighted by Gasteiger charge is -2.33. The summed E-state index contributed by atoms with van der Waals surface area (Å²) < 4.78 is 43.2. The first-order chi connectivity index (χ1) is 19.0. The molecular formula is C29H32Cl2FN3O4S. The predicted octanol–water partition coefficient (Wildman–Crippen LogP) is 5.91. The van der Waals surface area contributed by atoms with Crippen LogP contribution in [0.15, 0.2) is 77.7 Å². The van der Waals surface area contributed by atoms with Crippen LogP contribution in [0, 0.1) is 11.7 Å². The number of rotatable bonds is 12. The molecule has 0 aliphatic heterocycles. The van der Waals surface area contributed by atoms with Crippen LogP contribution >= 0.6 is 23.2 Å². The summed E-state index contributed by atoms with van der Waals surface area (Å²) in [5, 5.41) is 3.41. The largest absolute Gasteiger partial charge is 0.354 e. The normalized spacial score (nSPS) is 12.2. The average molecular weight is 609 g/mol. The topological polar surface area (TPSA) is 86.8 Å². The Kier molecular flexibility index (Phi) is 11.0. The standard InChI is InChI=1S/C29H32Cl2FN3O4S/c1-4-26(29(37)33-17-20(2)3)34(18-22-23(30)13-10-14-24(22)31)28(36)19-35(27-16-9-8-15-25(27)32)40(38,39)21-11-6-5-7-12-21/h5-16,20,26H,4,17-19H2,1-3H3,(H,33,37)/t26-/m0/s1. The van der Waals surface area contributed by atoms with Gasteiger partial charge in [-0.25, -0.2) is 12.8 Å². The number of nitrogens with one attached hydrogen (secondary N) is 1. The van der Waals surface area contributed by atoms with Crippen molar-refractivity contribution >= 4 is 50.7 Å². The number of carbonyl (C=O) groups excluding carboxylic acids is 2. The van der Waals surface area contributed by atoms with Gasteiger partial charge in [-0.15, -0.1) is 0 Å². The molecule has 0 saturated heterocycles. The maximum absolute atomic E-state index is 15.0. The maximum atomic E-state index is 15.0. The SMILES string of the molecule is CC[C@@H](C(=O)NCC(C)C)N(Cc1c(Cl)cccc1Cl)C(=O)CN(c1ccccc1F)S(=O)(=O)c1ccccc1. The highest BCUT2D eigenvalue weighted by Gasteiger charge is 2.35. The predicted molar refractivity (Wildman–Crippen MR) is 156 cm³/mol. The number of amides is 2. The summed E-state index contributed by atoms with van der Waals surface area (Å²) in [6, 6.07) is 16.6. The van der Waals surface area contributed by atoms with Gasteiger partial charge in [0.05, 0.1) is 10.6 Å². The highest BCUT2D eigenvalue weighted by molar-refractivity contribution is 7.92. The Morgan fingerprint density at radius 2 is 1.52 bits per heavy atom. The van der Waals surface area contributed by atoms with Gasteiger partial charge in [-0.2, -0.15) is 0 Å². The molecule has 0 spiro atoms. The van der Waals surface area contributed by atoms with Gasteiger partial charge in [0, 0.05) is 28.7 Å². The van der Waals surface area contributed by atoms with Crippen molar-refractivity contribution in [3.05, 3.63) is 94.2 Å². The molecule has 7 nitrogen and oxygen atoms in total. The molecule has 11 heteroatoms. The van der Waals surface area contributed by atoms with Crippen LogP contribution in [0.1, 0.15) is 32.8 Å². The van der Waals surface area contributed by atoms with Crippen LogP contribution in [-0.4, -0.2) is 44.3 Å². The summed E-state index contributed by atoms with van der Waals surface area (Å²) in [5.41, 5.74) is 0.102. The lowest BCUT2D eigenvalue weighted by Crippen LogP contribution is -2.52. The van der Waals surface area contributed by atoms with E-state index in [-0.39, 0.29) is 39.5 Å². The van der Waals surface area contributed by atoms with Crippen molar-refractivity contribution in [2.75, 3.05) is 17.4 Å². The van der Waals surface area contributed by atoms with E-state index in [0.29, 0.717) is 12.1 Å². The van der Waals surface area contributed by atoms with Gasteiger partial charge in [-0.1, -0.05) is 80.4 Å². The van der Waals surface area contributed by atoms with Crippen LogP contribution in [0.25, 0.3) is 0 Å². The van der Waals surface area contributed by atoms with Gasteiger partial charge in [-0.05, 0) is 48.7 Å². The second-order valence-corrected chi connectivity index (χ2v) is 12.2. The second kappa shape index (κ2) is 14.0. The van der Waals surface area contributed by atoms with E-state index >= 15 is 0 Å². The van der Waals surface area contributed by atoms with Gasteiger partial charge in [0.1, 0.15) is 18.4 Å². The van der Waals surface area contributed by atoms with Crippen molar-refractivity contribution in [3.63, 3.8) is 0 Å². The van der Waals surface area contributed by atoms with Crippen molar-refractivity contribution in [2.24, 2.45) is 5.92 Å². The molecule has 1 N–H and O–H groups in total. The zero-order chi connectivity index (χ0) is 29.4. The molecule has 2 amide bonds. The highest BCUT2D eigenvalue weighted by atomic mass is 35.5. The number of hydrogen-bond donors (Lipinski definition) is 1. The number of nitrogens with zero attached hydrogens (tertiary/aromatic N) is 2.